The van der Waals surface area contributed by atoms with Crippen LogP contribution in [0.1, 0.15) is 35.2 Å². The molecule has 0 bridgehead atoms. The van der Waals surface area contributed by atoms with Gasteiger partial charge in [-0.1, -0.05) is 6.42 Å². The van der Waals surface area contributed by atoms with E-state index >= 15 is 0 Å². The normalized spacial score (nSPS) is 15.6. The van der Waals surface area contributed by atoms with Crippen molar-refractivity contribution in [3.8, 4) is 5.75 Å². The Kier molecular flexibility index (Phi) is 6.97. The molecule has 2 N–H and O–H groups in total. The van der Waals surface area contributed by atoms with Crippen LogP contribution in [0.25, 0.3) is 0 Å². The van der Waals surface area contributed by atoms with Gasteiger partial charge in [-0.25, -0.2) is 0 Å². The van der Waals surface area contributed by atoms with Gasteiger partial charge in [-0.05, 0) is 67.9 Å². The number of likely N-dealkylation sites (tertiary alicyclic amines) is 1. The molecule has 148 valence electrons. The topological polar surface area (TPSA) is 91.8 Å². The van der Waals surface area contributed by atoms with Crippen molar-refractivity contribution in [1.29, 1.82) is 0 Å². The number of hydrogen-bond donors (Lipinski definition) is 2. The van der Waals surface area contributed by atoms with E-state index in [1.54, 1.807) is 36.7 Å². The third kappa shape index (κ3) is 5.53. The smallest absolute Gasteiger partial charge is 0.322 e. The summed E-state index contributed by atoms with van der Waals surface area (Å²) in [5, 5.41) is 12.2. The Morgan fingerprint density at radius 3 is 2.39 bits per heavy atom. The molecule has 1 saturated heterocycles. The maximum Gasteiger partial charge on any atom is 0.322 e. The highest BCUT2D eigenvalue weighted by Gasteiger charge is 2.27. The van der Waals surface area contributed by atoms with Gasteiger partial charge in [0, 0.05) is 24.5 Å². The minimum absolute atomic E-state index is 0.0917. The van der Waals surface area contributed by atoms with E-state index in [-0.39, 0.29) is 12.5 Å². The highest BCUT2D eigenvalue weighted by Crippen LogP contribution is 2.15. The molecule has 0 saturated carbocycles. The lowest BCUT2D eigenvalue weighted by Crippen LogP contribution is -2.50. The summed E-state index contributed by atoms with van der Waals surface area (Å²) >= 11 is 0. The Morgan fingerprint density at radius 2 is 1.75 bits per heavy atom. The van der Waals surface area contributed by atoms with Gasteiger partial charge >= 0.3 is 5.97 Å². The second-order valence-corrected chi connectivity index (χ2v) is 6.83. The summed E-state index contributed by atoms with van der Waals surface area (Å²) in [4.78, 5) is 29.8. The number of nitrogens with zero attached hydrogens (tertiary/aromatic N) is 2. The van der Waals surface area contributed by atoms with Crippen molar-refractivity contribution in [2.45, 2.75) is 31.9 Å². The number of piperidine rings is 1. The predicted octanol–water partition coefficient (Wildman–Crippen LogP) is 2.33. The highest BCUT2D eigenvalue weighted by atomic mass is 16.5. The number of rotatable bonds is 8. The standard InChI is InChI=1S/C21H25N3O4/c25-20(23-14-19(21(26)27)24-12-2-1-3-13-24)17-4-6-18(7-5-17)28-15-16-8-10-22-11-9-16/h4-11,19H,1-3,12-15H2,(H,23,25)(H,26,27). The van der Waals surface area contributed by atoms with Crippen LogP contribution in [0.4, 0.5) is 0 Å². The van der Waals surface area contributed by atoms with Crippen LogP contribution in [-0.2, 0) is 11.4 Å². The van der Waals surface area contributed by atoms with Crippen LogP contribution in [0, 0.1) is 0 Å². The van der Waals surface area contributed by atoms with E-state index in [9.17, 15) is 14.7 Å². The average Bonchev–Trinajstić information content (AvgIpc) is 2.74. The molecule has 1 aliphatic rings. The second kappa shape index (κ2) is 9.85. The molecular formula is C21H25N3O4. The lowest BCUT2D eigenvalue weighted by atomic mass is 10.1. The fraction of sp³-hybridized carbons (Fsp3) is 0.381. The lowest BCUT2D eigenvalue weighted by molar-refractivity contribution is -0.143. The molecule has 1 aliphatic heterocycles. The van der Waals surface area contributed by atoms with E-state index in [0.29, 0.717) is 17.9 Å². The second-order valence-electron chi connectivity index (χ2n) is 6.83. The van der Waals surface area contributed by atoms with Crippen molar-refractivity contribution < 1.29 is 19.4 Å². The summed E-state index contributed by atoms with van der Waals surface area (Å²) in [6.45, 7) is 2.03. The monoisotopic (exact) mass is 383 g/mol. The number of aliphatic carboxylic acids is 1. The Bertz CT molecular complexity index is 774. The number of amides is 1. The zero-order valence-corrected chi connectivity index (χ0v) is 15.7. The van der Waals surface area contributed by atoms with Gasteiger partial charge in [0.2, 0.25) is 0 Å². The quantitative estimate of drug-likeness (QED) is 0.727. The van der Waals surface area contributed by atoms with Gasteiger partial charge in [0.1, 0.15) is 18.4 Å². The van der Waals surface area contributed by atoms with Crippen molar-refractivity contribution >= 4 is 11.9 Å². The number of nitrogens with one attached hydrogen (secondary N) is 1. The predicted molar refractivity (Wildman–Crippen MR) is 104 cm³/mol. The molecule has 1 unspecified atom stereocenters. The lowest BCUT2D eigenvalue weighted by Gasteiger charge is -2.31. The Hall–Kier alpha value is -2.93. The van der Waals surface area contributed by atoms with Gasteiger partial charge < -0.3 is 15.2 Å². The van der Waals surface area contributed by atoms with Crippen molar-refractivity contribution in [2.24, 2.45) is 0 Å². The van der Waals surface area contributed by atoms with Gasteiger partial charge in [0.05, 0.1) is 0 Å². The molecular weight excluding hydrogens is 358 g/mol. The van der Waals surface area contributed by atoms with Crippen LogP contribution >= 0.6 is 0 Å². The first-order valence-corrected chi connectivity index (χ1v) is 9.50. The molecule has 1 atom stereocenters. The number of hydrogen-bond acceptors (Lipinski definition) is 5. The summed E-state index contributed by atoms with van der Waals surface area (Å²) in [7, 11) is 0. The zero-order valence-electron chi connectivity index (χ0n) is 15.7. The molecule has 7 heteroatoms. The summed E-state index contributed by atoms with van der Waals surface area (Å²) < 4.78 is 5.69. The van der Waals surface area contributed by atoms with Crippen molar-refractivity contribution in [1.82, 2.24) is 15.2 Å². The maximum atomic E-state index is 12.4. The fourth-order valence-electron chi connectivity index (χ4n) is 3.24. The maximum absolute atomic E-state index is 12.4. The van der Waals surface area contributed by atoms with E-state index < -0.39 is 12.0 Å². The zero-order chi connectivity index (χ0) is 19.8. The molecule has 7 nitrogen and oxygen atoms in total. The first-order chi connectivity index (χ1) is 13.6. The van der Waals surface area contributed by atoms with Crippen LogP contribution in [0.5, 0.6) is 5.75 Å². The molecule has 0 aliphatic carbocycles. The Morgan fingerprint density at radius 1 is 1.07 bits per heavy atom. The third-order valence-electron chi connectivity index (χ3n) is 4.84. The Labute approximate surface area is 164 Å². The molecule has 1 amide bonds. The number of carbonyl (C=O) groups excluding carboxylic acids is 1. The number of carboxylic acids is 1. The summed E-state index contributed by atoms with van der Waals surface area (Å²) in [5.74, 6) is -0.531. The summed E-state index contributed by atoms with van der Waals surface area (Å²) in [5.41, 5.74) is 1.48. The van der Waals surface area contributed by atoms with Crippen LogP contribution in [0.15, 0.2) is 48.8 Å². The molecule has 0 radical (unpaired) electrons. The minimum atomic E-state index is -0.901. The van der Waals surface area contributed by atoms with Crippen molar-refractivity contribution in [3.05, 3.63) is 59.9 Å². The SMILES string of the molecule is O=C(NCC(C(=O)O)N1CCCCC1)c1ccc(OCc2ccncc2)cc1. The van der Waals surface area contributed by atoms with Crippen LogP contribution in [0.3, 0.4) is 0 Å². The van der Waals surface area contributed by atoms with Gasteiger partial charge in [0.25, 0.3) is 5.91 Å². The van der Waals surface area contributed by atoms with E-state index in [0.717, 1.165) is 37.9 Å². The van der Waals surface area contributed by atoms with Crippen LogP contribution in [-0.4, -0.2) is 52.5 Å². The molecule has 1 aromatic heterocycles. The largest absolute Gasteiger partial charge is 0.489 e. The van der Waals surface area contributed by atoms with Gasteiger partial charge in [0.15, 0.2) is 0 Å². The molecule has 0 spiro atoms. The number of aromatic nitrogens is 1. The first-order valence-electron chi connectivity index (χ1n) is 9.50. The highest BCUT2D eigenvalue weighted by molar-refractivity contribution is 5.94. The number of carbonyl (C=O) groups is 2. The fourth-order valence-corrected chi connectivity index (χ4v) is 3.24. The average molecular weight is 383 g/mol. The van der Waals surface area contributed by atoms with Gasteiger partial charge in [-0.2, -0.15) is 0 Å². The molecule has 2 heterocycles. The number of pyridine rings is 1. The molecule has 1 fully saturated rings. The number of ether oxygens (including phenoxy) is 1. The summed E-state index contributed by atoms with van der Waals surface area (Å²) in [6, 6.07) is 9.88. The van der Waals surface area contributed by atoms with E-state index in [1.165, 1.54) is 0 Å². The van der Waals surface area contributed by atoms with E-state index in [4.69, 9.17) is 4.74 Å². The first kappa shape index (κ1) is 19.8. The minimum Gasteiger partial charge on any atom is -0.489 e. The van der Waals surface area contributed by atoms with E-state index in [1.807, 2.05) is 17.0 Å². The molecule has 1 aromatic carbocycles. The molecule has 28 heavy (non-hydrogen) atoms. The Balaban J connectivity index is 1.51. The summed E-state index contributed by atoms with van der Waals surface area (Å²) in [6.07, 6.45) is 6.54. The van der Waals surface area contributed by atoms with Crippen LogP contribution in [0.2, 0.25) is 0 Å². The van der Waals surface area contributed by atoms with E-state index in [2.05, 4.69) is 10.3 Å². The molecule has 2 aromatic rings. The molecule has 3 rings (SSSR count). The van der Waals surface area contributed by atoms with Gasteiger partial charge in [-0.15, -0.1) is 0 Å². The van der Waals surface area contributed by atoms with Crippen molar-refractivity contribution in [3.63, 3.8) is 0 Å². The van der Waals surface area contributed by atoms with Gasteiger partial charge in [-0.3, -0.25) is 19.5 Å². The number of carboxylic acid groups (broad SMARTS) is 1. The van der Waals surface area contributed by atoms with Crippen molar-refractivity contribution in [2.75, 3.05) is 19.6 Å². The third-order valence-corrected chi connectivity index (χ3v) is 4.84. The number of benzene rings is 1. The van der Waals surface area contributed by atoms with Crippen LogP contribution < -0.4 is 10.1 Å².